The minimum atomic E-state index is -0.0515. The van der Waals surface area contributed by atoms with E-state index in [1.54, 1.807) is 0 Å². The molecular formula is C10H20O2. The van der Waals surface area contributed by atoms with E-state index in [0.29, 0.717) is 18.9 Å². The van der Waals surface area contributed by atoms with Crippen LogP contribution in [0.3, 0.4) is 0 Å². The highest BCUT2D eigenvalue weighted by molar-refractivity contribution is 5.69. The number of carbonyl (C=O) groups is 1. The summed E-state index contributed by atoms with van der Waals surface area (Å²) in [5.41, 5.74) is 0. The van der Waals surface area contributed by atoms with Crippen molar-refractivity contribution in [3.05, 3.63) is 0 Å². The third kappa shape index (κ3) is 5.16. The molecule has 0 aromatic rings. The fourth-order valence-corrected chi connectivity index (χ4v) is 1.25. The number of hydrogen-bond acceptors (Lipinski definition) is 2. The Bertz CT molecular complexity index is 117. The molecule has 2 heteroatoms. The zero-order chi connectivity index (χ0) is 9.40. The van der Waals surface area contributed by atoms with Crippen LogP contribution >= 0.6 is 0 Å². The molecule has 12 heavy (non-hydrogen) atoms. The van der Waals surface area contributed by atoms with E-state index in [1.807, 2.05) is 6.92 Å². The minimum absolute atomic E-state index is 0.0515. The number of ether oxygens (including phenoxy) is 1. The van der Waals surface area contributed by atoms with Crippen LogP contribution in [0.2, 0.25) is 0 Å². The van der Waals surface area contributed by atoms with E-state index in [1.165, 1.54) is 0 Å². The maximum Gasteiger partial charge on any atom is 0.305 e. The van der Waals surface area contributed by atoms with Crippen LogP contribution in [0, 0.1) is 5.92 Å². The molecule has 0 aliphatic heterocycles. The molecule has 0 unspecified atom stereocenters. The lowest BCUT2D eigenvalue weighted by Crippen LogP contribution is -2.07. The summed E-state index contributed by atoms with van der Waals surface area (Å²) >= 11 is 0. The second-order valence-corrected chi connectivity index (χ2v) is 3.03. The molecule has 0 aliphatic rings. The highest BCUT2D eigenvalue weighted by atomic mass is 16.5. The molecule has 0 saturated heterocycles. The Morgan fingerprint density at radius 2 is 1.83 bits per heavy atom. The Hall–Kier alpha value is -0.530. The van der Waals surface area contributed by atoms with Crippen molar-refractivity contribution >= 4 is 5.97 Å². The average Bonchev–Trinajstić information content (AvgIpc) is 2.07. The summed E-state index contributed by atoms with van der Waals surface area (Å²) in [4.78, 5) is 11.0. The summed E-state index contributed by atoms with van der Waals surface area (Å²) in [6, 6.07) is 0. The normalized spacial score (nSPS) is 10.3. The summed E-state index contributed by atoms with van der Waals surface area (Å²) in [5.74, 6) is 0.638. The van der Waals surface area contributed by atoms with Crippen LogP contribution in [-0.2, 0) is 9.53 Å². The third-order valence-corrected chi connectivity index (χ3v) is 2.22. The minimum Gasteiger partial charge on any atom is -0.466 e. The van der Waals surface area contributed by atoms with Gasteiger partial charge in [0.1, 0.15) is 0 Å². The second-order valence-electron chi connectivity index (χ2n) is 3.03. The van der Waals surface area contributed by atoms with Gasteiger partial charge < -0.3 is 4.74 Å². The molecular weight excluding hydrogens is 152 g/mol. The van der Waals surface area contributed by atoms with Gasteiger partial charge >= 0.3 is 5.97 Å². The zero-order valence-electron chi connectivity index (χ0n) is 8.43. The first-order chi connectivity index (χ1) is 5.74. The molecule has 0 N–H and O–H groups in total. The van der Waals surface area contributed by atoms with E-state index < -0.39 is 0 Å². The van der Waals surface area contributed by atoms with Gasteiger partial charge in [0, 0.05) is 6.42 Å². The summed E-state index contributed by atoms with van der Waals surface area (Å²) in [5, 5.41) is 0. The predicted molar refractivity (Wildman–Crippen MR) is 49.9 cm³/mol. The number of carbonyl (C=O) groups excluding carboxylic acids is 1. The standard InChI is InChI=1S/C10H20O2/c1-4-9(5-2)7-8-10(11)12-6-3/h9H,4-8H2,1-3H3. The van der Waals surface area contributed by atoms with Crippen molar-refractivity contribution in [2.24, 2.45) is 5.92 Å². The average molecular weight is 172 g/mol. The van der Waals surface area contributed by atoms with Gasteiger partial charge in [-0.3, -0.25) is 4.79 Å². The Labute approximate surface area is 75.3 Å². The van der Waals surface area contributed by atoms with Crippen molar-refractivity contribution in [2.45, 2.75) is 46.5 Å². The maximum atomic E-state index is 11.0. The summed E-state index contributed by atoms with van der Waals surface area (Å²) in [6.45, 7) is 6.68. The summed E-state index contributed by atoms with van der Waals surface area (Å²) < 4.78 is 4.84. The molecule has 0 radical (unpaired) electrons. The van der Waals surface area contributed by atoms with Crippen molar-refractivity contribution in [3.63, 3.8) is 0 Å². The molecule has 0 bridgehead atoms. The van der Waals surface area contributed by atoms with E-state index in [9.17, 15) is 4.79 Å². The van der Waals surface area contributed by atoms with E-state index in [2.05, 4.69) is 13.8 Å². The van der Waals surface area contributed by atoms with E-state index in [4.69, 9.17) is 4.74 Å². The summed E-state index contributed by atoms with van der Waals surface area (Å²) in [7, 11) is 0. The van der Waals surface area contributed by atoms with Gasteiger partial charge in [0.2, 0.25) is 0 Å². The van der Waals surface area contributed by atoms with Crippen LogP contribution in [0.15, 0.2) is 0 Å². The molecule has 0 fully saturated rings. The Balaban J connectivity index is 3.44. The van der Waals surface area contributed by atoms with Gasteiger partial charge in [0.05, 0.1) is 6.61 Å². The number of hydrogen-bond donors (Lipinski definition) is 0. The van der Waals surface area contributed by atoms with Crippen molar-refractivity contribution in [3.8, 4) is 0 Å². The quantitative estimate of drug-likeness (QED) is 0.576. The summed E-state index contributed by atoms with van der Waals surface area (Å²) in [6.07, 6.45) is 3.89. The fourth-order valence-electron chi connectivity index (χ4n) is 1.25. The van der Waals surface area contributed by atoms with Gasteiger partial charge in [-0.2, -0.15) is 0 Å². The Morgan fingerprint density at radius 3 is 2.25 bits per heavy atom. The first-order valence-corrected chi connectivity index (χ1v) is 4.90. The van der Waals surface area contributed by atoms with E-state index >= 15 is 0 Å². The Kier molecular flexibility index (Phi) is 6.82. The molecule has 0 aliphatic carbocycles. The first-order valence-electron chi connectivity index (χ1n) is 4.90. The third-order valence-electron chi connectivity index (χ3n) is 2.22. The van der Waals surface area contributed by atoms with Crippen LogP contribution in [0.4, 0.5) is 0 Å². The zero-order valence-corrected chi connectivity index (χ0v) is 8.43. The Morgan fingerprint density at radius 1 is 1.25 bits per heavy atom. The SMILES string of the molecule is CCOC(=O)CCC(CC)CC. The molecule has 0 amide bonds. The van der Waals surface area contributed by atoms with Crippen LogP contribution in [0.25, 0.3) is 0 Å². The van der Waals surface area contributed by atoms with Crippen molar-refractivity contribution < 1.29 is 9.53 Å². The molecule has 72 valence electrons. The van der Waals surface area contributed by atoms with Crippen LogP contribution in [0.1, 0.15) is 46.5 Å². The molecule has 0 rings (SSSR count). The fraction of sp³-hybridized carbons (Fsp3) is 0.900. The van der Waals surface area contributed by atoms with Crippen molar-refractivity contribution in [2.75, 3.05) is 6.61 Å². The van der Waals surface area contributed by atoms with Gasteiger partial charge in [0.15, 0.2) is 0 Å². The van der Waals surface area contributed by atoms with Gasteiger partial charge in [-0.15, -0.1) is 0 Å². The number of rotatable bonds is 6. The molecule has 0 atom stereocenters. The van der Waals surface area contributed by atoms with Gasteiger partial charge in [-0.25, -0.2) is 0 Å². The molecule has 0 spiro atoms. The highest BCUT2D eigenvalue weighted by Crippen LogP contribution is 2.14. The van der Waals surface area contributed by atoms with Crippen molar-refractivity contribution in [1.82, 2.24) is 0 Å². The molecule has 0 heterocycles. The van der Waals surface area contributed by atoms with Gasteiger partial charge in [-0.05, 0) is 19.3 Å². The lowest BCUT2D eigenvalue weighted by Gasteiger charge is -2.10. The lowest BCUT2D eigenvalue weighted by atomic mass is 9.98. The van der Waals surface area contributed by atoms with E-state index in [-0.39, 0.29) is 5.97 Å². The first kappa shape index (κ1) is 11.5. The smallest absolute Gasteiger partial charge is 0.305 e. The van der Waals surface area contributed by atoms with Gasteiger partial charge in [0.25, 0.3) is 0 Å². The van der Waals surface area contributed by atoms with Crippen LogP contribution < -0.4 is 0 Å². The maximum absolute atomic E-state index is 11.0. The van der Waals surface area contributed by atoms with Crippen LogP contribution in [-0.4, -0.2) is 12.6 Å². The lowest BCUT2D eigenvalue weighted by molar-refractivity contribution is -0.143. The second kappa shape index (κ2) is 7.14. The topological polar surface area (TPSA) is 26.3 Å². The number of esters is 1. The monoisotopic (exact) mass is 172 g/mol. The van der Waals surface area contributed by atoms with Crippen molar-refractivity contribution in [1.29, 1.82) is 0 Å². The largest absolute Gasteiger partial charge is 0.466 e. The van der Waals surface area contributed by atoms with Gasteiger partial charge in [-0.1, -0.05) is 26.7 Å². The van der Waals surface area contributed by atoms with E-state index in [0.717, 1.165) is 19.3 Å². The highest BCUT2D eigenvalue weighted by Gasteiger charge is 2.07. The molecule has 2 nitrogen and oxygen atoms in total. The predicted octanol–water partition coefficient (Wildman–Crippen LogP) is 2.77. The molecule has 0 aromatic heterocycles. The van der Waals surface area contributed by atoms with Crippen LogP contribution in [0.5, 0.6) is 0 Å². The molecule has 0 aromatic carbocycles. The molecule has 0 saturated carbocycles.